The monoisotopic (exact) mass is 249 g/mol. The average molecular weight is 249 g/mol. The fourth-order valence-corrected chi connectivity index (χ4v) is 1.25. The number of nitrogen functional groups attached to an aromatic ring is 1. The first-order chi connectivity index (χ1) is 7.88. The van der Waals surface area contributed by atoms with Gasteiger partial charge in [-0.3, -0.25) is 0 Å². The van der Waals surface area contributed by atoms with E-state index in [2.05, 4.69) is 0 Å². The predicted molar refractivity (Wildman–Crippen MR) is 57.3 cm³/mol. The van der Waals surface area contributed by atoms with Gasteiger partial charge in [-0.15, -0.1) is 0 Å². The van der Waals surface area contributed by atoms with Gasteiger partial charge in [0.1, 0.15) is 6.10 Å². The van der Waals surface area contributed by atoms with Crippen molar-refractivity contribution < 1.29 is 23.0 Å². The molecule has 0 amide bonds. The van der Waals surface area contributed by atoms with E-state index in [0.717, 1.165) is 0 Å². The average Bonchev–Trinajstić information content (AvgIpc) is 2.23. The van der Waals surface area contributed by atoms with Gasteiger partial charge in [-0.2, -0.15) is 13.2 Å². The molecule has 0 heterocycles. The first kappa shape index (κ1) is 13.8. The highest BCUT2D eigenvalue weighted by Gasteiger charge is 2.26. The van der Waals surface area contributed by atoms with Gasteiger partial charge in [0.15, 0.2) is 0 Å². The van der Waals surface area contributed by atoms with Crippen molar-refractivity contribution >= 4 is 5.69 Å². The zero-order valence-electron chi connectivity index (χ0n) is 9.07. The highest BCUT2D eigenvalue weighted by molar-refractivity contribution is 5.41. The van der Waals surface area contributed by atoms with E-state index in [9.17, 15) is 18.3 Å². The van der Waals surface area contributed by atoms with Crippen molar-refractivity contribution in [2.75, 3.05) is 18.9 Å². The lowest BCUT2D eigenvalue weighted by molar-refractivity contribution is -0.147. The summed E-state index contributed by atoms with van der Waals surface area (Å²) in [5.41, 5.74) is 6.52. The molecule has 0 saturated heterocycles. The van der Waals surface area contributed by atoms with E-state index in [1.54, 1.807) is 24.3 Å². The van der Waals surface area contributed by atoms with Crippen molar-refractivity contribution in [3.63, 3.8) is 0 Å². The number of ether oxygens (including phenoxy) is 1. The lowest BCUT2D eigenvalue weighted by Gasteiger charge is -2.12. The summed E-state index contributed by atoms with van der Waals surface area (Å²) < 4.78 is 40.1. The highest BCUT2D eigenvalue weighted by Crippen LogP contribution is 2.20. The van der Waals surface area contributed by atoms with Crippen LogP contribution in [0.15, 0.2) is 24.3 Å². The lowest BCUT2D eigenvalue weighted by Crippen LogP contribution is -2.14. The maximum absolute atomic E-state index is 11.8. The van der Waals surface area contributed by atoms with Crippen molar-refractivity contribution in [1.82, 2.24) is 0 Å². The van der Waals surface area contributed by atoms with E-state index in [1.165, 1.54) is 0 Å². The SMILES string of the molecule is Nc1cccc(C(O)COCCC(F)(F)F)c1. The van der Waals surface area contributed by atoms with Gasteiger partial charge in [0, 0.05) is 5.69 Å². The van der Waals surface area contributed by atoms with E-state index in [1.807, 2.05) is 0 Å². The summed E-state index contributed by atoms with van der Waals surface area (Å²) in [6.45, 7) is -0.636. The second-order valence-corrected chi connectivity index (χ2v) is 3.63. The minimum Gasteiger partial charge on any atom is -0.399 e. The molecule has 96 valence electrons. The Kier molecular flexibility index (Phi) is 4.77. The van der Waals surface area contributed by atoms with Gasteiger partial charge < -0.3 is 15.6 Å². The Balaban J connectivity index is 2.33. The fourth-order valence-electron chi connectivity index (χ4n) is 1.25. The molecule has 0 aromatic heterocycles. The molecule has 0 aliphatic carbocycles. The van der Waals surface area contributed by atoms with Crippen molar-refractivity contribution in [3.8, 4) is 0 Å². The Morgan fingerprint density at radius 3 is 2.65 bits per heavy atom. The van der Waals surface area contributed by atoms with E-state index >= 15 is 0 Å². The topological polar surface area (TPSA) is 55.5 Å². The quantitative estimate of drug-likeness (QED) is 0.621. The second kappa shape index (κ2) is 5.88. The summed E-state index contributed by atoms with van der Waals surface area (Å²) in [4.78, 5) is 0. The number of aliphatic hydroxyl groups excluding tert-OH is 1. The predicted octanol–water partition coefficient (Wildman–Crippen LogP) is 2.27. The van der Waals surface area contributed by atoms with Crippen LogP contribution in [-0.4, -0.2) is 24.5 Å². The zero-order chi connectivity index (χ0) is 12.9. The minimum absolute atomic E-state index is 0.181. The van der Waals surface area contributed by atoms with E-state index in [4.69, 9.17) is 10.5 Å². The normalized spacial score (nSPS) is 13.6. The van der Waals surface area contributed by atoms with Crippen LogP contribution in [0.1, 0.15) is 18.1 Å². The standard InChI is InChI=1S/C11H14F3NO2/c12-11(13,14)4-5-17-7-10(16)8-2-1-3-9(15)6-8/h1-3,6,10,16H,4-5,7,15H2. The molecule has 1 unspecified atom stereocenters. The summed E-state index contributed by atoms with van der Waals surface area (Å²) in [7, 11) is 0. The Morgan fingerprint density at radius 1 is 1.35 bits per heavy atom. The van der Waals surface area contributed by atoms with Crippen molar-refractivity contribution in [2.45, 2.75) is 18.7 Å². The molecule has 0 aliphatic heterocycles. The van der Waals surface area contributed by atoms with E-state index < -0.39 is 25.3 Å². The smallest absolute Gasteiger partial charge is 0.391 e. The molecule has 0 radical (unpaired) electrons. The molecule has 1 atom stereocenters. The van der Waals surface area contributed by atoms with Gasteiger partial charge in [0.05, 0.1) is 19.6 Å². The van der Waals surface area contributed by atoms with Gasteiger partial charge >= 0.3 is 6.18 Å². The van der Waals surface area contributed by atoms with Crippen LogP contribution in [0.4, 0.5) is 18.9 Å². The van der Waals surface area contributed by atoms with Crippen molar-refractivity contribution in [1.29, 1.82) is 0 Å². The van der Waals surface area contributed by atoms with Crippen molar-refractivity contribution in [2.24, 2.45) is 0 Å². The first-order valence-corrected chi connectivity index (χ1v) is 5.06. The van der Waals surface area contributed by atoms with E-state index in [-0.39, 0.29) is 6.61 Å². The van der Waals surface area contributed by atoms with Crippen LogP contribution in [-0.2, 0) is 4.74 Å². The molecule has 0 fully saturated rings. The molecular weight excluding hydrogens is 235 g/mol. The van der Waals surface area contributed by atoms with Gasteiger partial charge in [-0.05, 0) is 17.7 Å². The Labute approximate surface area is 97.0 Å². The molecule has 0 bridgehead atoms. The molecule has 3 nitrogen and oxygen atoms in total. The van der Waals surface area contributed by atoms with Crippen LogP contribution in [0.5, 0.6) is 0 Å². The number of alkyl halides is 3. The summed E-state index contributed by atoms with van der Waals surface area (Å²) in [6.07, 6.45) is -6.22. The third kappa shape index (κ3) is 5.55. The minimum atomic E-state index is -4.23. The second-order valence-electron chi connectivity index (χ2n) is 3.63. The van der Waals surface area contributed by atoms with Crippen LogP contribution in [0.2, 0.25) is 0 Å². The summed E-state index contributed by atoms with van der Waals surface area (Å²) in [6, 6.07) is 6.50. The molecular formula is C11H14F3NO2. The third-order valence-electron chi connectivity index (χ3n) is 2.10. The van der Waals surface area contributed by atoms with Crippen LogP contribution < -0.4 is 5.73 Å². The Morgan fingerprint density at radius 2 is 2.06 bits per heavy atom. The summed E-state index contributed by atoms with van der Waals surface area (Å²) in [5, 5.41) is 9.61. The number of hydrogen-bond acceptors (Lipinski definition) is 3. The number of nitrogens with two attached hydrogens (primary N) is 1. The van der Waals surface area contributed by atoms with Crippen LogP contribution in [0.25, 0.3) is 0 Å². The summed E-state index contributed by atoms with van der Waals surface area (Å²) in [5.74, 6) is 0. The van der Waals surface area contributed by atoms with Crippen LogP contribution >= 0.6 is 0 Å². The zero-order valence-corrected chi connectivity index (χ0v) is 9.07. The highest BCUT2D eigenvalue weighted by atomic mass is 19.4. The largest absolute Gasteiger partial charge is 0.399 e. The van der Waals surface area contributed by atoms with Gasteiger partial charge in [0.2, 0.25) is 0 Å². The molecule has 3 N–H and O–H groups in total. The maximum Gasteiger partial charge on any atom is 0.391 e. The number of rotatable bonds is 5. The fraction of sp³-hybridized carbons (Fsp3) is 0.455. The number of benzene rings is 1. The molecule has 0 spiro atoms. The molecule has 0 saturated carbocycles. The molecule has 17 heavy (non-hydrogen) atoms. The number of halogens is 3. The Hall–Kier alpha value is -1.27. The number of anilines is 1. The molecule has 1 rings (SSSR count). The number of aliphatic hydroxyl groups is 1. The van der Waals surface area contributed by atoms with Crippen LogP contribution in [0, 0.1) is 0 Å². The molecule has 6 heteroatoms. The Bertz CT molecular complexity index is 355. The number of hydrogen-bond donors (Lipinski definition) is 2. The maximum atomic E-state index is 11.8. The van der Waals surface area contributed by atoms with Gasteiger partial charge in [-0.25, -0.2) is 0 Å². The van der Waals surface area contributed by atoms with Crippen LogP contribution in [0.3, 0.4) is 0 Å². The molecule has 1 aromatic rings. The first-order valence-electron chi connectivity index (χ1n) is 5.06. The van der Waals surface area contributed by atoms with E-state index in [0.29, 0.717) is 11.3 Å². The van der Waals surface area contributed by atoms with Crippen molar-refractivity contribution in [3.05, 3.63) is 29.8 Å². The van der Waals surface area contributed by atoms with Gasteiger partial charge in [0.25, 0.3) is 0 Å². The summed E-state index contributed by atoms with van der Waals surface area (Å²) >= 11 is 0. The lowest BCUT2D eigenvalue weighted by atomic mass is 10.1. The van der Waals surface area contributed by atoms with Gasteiger partial charge in [-0.1, -0.05) is 12.1 Å². The molecule has 1 aromatic carbocycles. The third-order valence-corrected chi connectivity index (χ3v) is 2.10. The molecule has 0 aliphatic rings.